The molecule has 216 valence electrons. The number of ketones is 2. The van der Waals surface area contributed by atoms with E-state index in [0.29, 0.717) is 12.8 Å². The standard InChI is InChI=1S/C29H40ClNO8/c1-16-11-20-19-8-7-17-12-18(32)9-10-26(17,5)28(19,30)21(33)13-27(20,6)29(16,37)22(34)15-38-23(35)14-31-24(36)39-25(2,3)4/h7,9-10,16,19-21,33,37H,8,11-15H2,1-6H3,(H,31,36)/t16-,19-,20-,21-,26-,27-,28-,29-/m0/s1. The molecule has 4 aliphatic carbocycles. The zero-order chi connectivity index (χ0) is 29.2. The highest BCUT2D eigenvalue weighted by Crippen LogP contribution is 2.70. The lowest BCUT2D eigenvalue weighted by atomic mass is 9.46. The van der Waals surface area contributed by atoms with Gasteiger partial charge < -0.3 is 25.0 Å². The molecule has 2 saturated carbocycles. The van der Waals surface area contributed by atoms with Gasteiger partial charge in [-0.15, -0.1) is 11.6 Å². The molecule has 0 spiro atoms. The van der Waals surface area contributed by atoms with Gasteiger partial charge in [-0.3, -0.25) is 14.4 Å². The Kier molecular flexibility index (Phi) is 7.40. The van der Waals surface area contributed by atoms with E-state index in [4.69, 9.17) is 21.1 Å². The Morgan fingerprint density at radius 1 is 1.21 bits per heavy atom. The van der Waals surface area contributed by atoms with Crippen molar-refractivity contribution in [2.24, 2.45) is 28.6 Å². The fourth-order valence-corrected chi connectivity index (χ4v) is 8.32. The first-order valence-corrected chi connectivity index (χ1v) is 13.9. The Balaban J connectivity index is 1.51. The van der Waals surface area contributed by atoms with Gasteiger partial charge in [0.15, 0.2) is 12.4 Å². The lowest BCUT2D eigenvalue weighted by Crippen LogP contribution is -2.68. The molecule has 8 atom stereocenters. The summed E-state index contributed by atoms with van der Waals surface area (Å²) in [5.74, 6) is -2.44. The molecule has 0 heterocycles. The van der Waals surface area contributed by atoms with Crippen molar-refractivity contribution < 1.29 is 38.9 Å². The van der Waals surface area contributed by atoms with E-state index in [-0.39, 0.29) is 30.5 Å². The van der Waals surface area contributed by atoms with Gasteiger partial charge in [0, 0.05) is 17.3 Å². The number of halogens is 1. The third-order valence-electron chi connectivity index (χ3n) is 9.75. The third-order valence-corrected chi connectivity index (χ3v) is 10.7. The number of rotatable bonds is 5. The van der Waals surface area contributed by atoms with Gasteiger partial charge in [-0.25, -0.2) is 4.79 Å². The molecule has 0 aliphatic heterocycles. The van der Waals surface area contributed by atoms with Gasteiger partial charge in [0.2, 0.25) is 5.78 Å². The van der Waals surface area contributed by atoms with Crippen molar-refractivity contribution in [2.45, 2.75) is 89.4 Å². The van der Waals surface area contributed by atoms with E-state index in [9.17, 15) is 29.4 Å². The Hall–Kier alpha value is -2.23. The van der Waals surface area contributed by atoms with E-state index >= 15 is 0 Å². The number of aliphatic hydroxyl groups excluding tert-OH is 1. The number of nitrogens with one attached hydrogen (secondary N) is 1. The zero-order valence-corrected chi connectivity index (χ0v) is 24.3. The fourth-order valence-electron chi connectivity index (χ4n) is 7.81. The summed E-state index contributed by atoms with van der Waals surface area (Å²) in [6.07, 6.45) is 4.87. The van der Waals surface area contributed by atoms with Gasteiger partial charge >= 0.3 is 12.1 Å². The number of fused-ring (bicyclic) bond motifs is 5. The second kappa shape index (κ2) is 9.70. The number of esters is 1. The summed E-state index contributed by atoms with van der Waals surface area (Å²) in [6, 6.07) is 0. The predicted molar refractivity (Wildman–Crippen MR) is 143 cm³/mol. The molecular formula is C29H40ClNO8. The normalized spacial score (nSPS) is 41.1. The Morgan fingerprint density at radius 2 is 1.87 bits per heavy atom. The van der Waals surface area contributed by atoms with Crippen molar-refractivity contribution in [3.8, 4) is 0 Å². The topological polar surface area (TPSA) is 139 Å². The van der Waals surface area contributed by atoms with Crippen LogP contribution in [0.5, 0.6) is 0 Å². The first-order valence-electron chi connectivity index (χ1n) is 13.6. The summed E-state index contributed by atoms with van der Waals surface area (Å²) in [5.41, 5.74) is -3.47. The summed E-state index contributed by atoms with van der Waals surface area (Å²) >= 11 is 7.41. The van der Waals surface area contributed by atoms with Crippen LogP contribution in [0.1, 0.15) is 67.2 Å². The van der Waals surface area contributed by atoms with Gasteiger partial charge in [0.1, 0.15) is 17.7 Å². The molecule has 39 heavy (non-hydrogen) atoms. The average molecular weight is 566 g/mol. The monoisotopic (exact) mass is 565 g/mol. The number of Topliss-reactive ketones (excluding diaryl/α,β-unsaturated/α-hetero) is 1. The highest BCUT2D eigenvalue weighted by Gasteiger charge is 2.74. The quantitative estimate of drug-likeness (QED) is 0.262. The minimum Gasteiger partial charge on any atom is -0.456 e. The van der Waals surface area contributed by atoms with Gasteiger partial charge in [0.05, 0.1) is 11.0 Å². The van der Waals surface area contributed by atoms with Gasteiger partial charge in [0.25, 0.3) is 0 Å². The number of hydrogen-bond donors (Lipinski definition) is 3. The number of hydrogen-bond acceptors (Lipinski definition) is 8. The molecule has 3 N–H and O–H groups in total. The summed E-state index contributed by atoms with van der Waals surface area (Å²) in [4.78, 5) is 48.6. The number of alkyl halides is 1. The van der Waals surface area contributed by atoms with Gasteiger partial charge in [-0.05, 0) is 63.9 Å². The van der Waals surface area contributed by atoms with Gasteiger partial charge in [-0.2, -0.15) is 0 Å². The van der Waals surface area contributed by atoms with Crippen molar-refractivity contribution in [2.75, 3.05) is 13.2 Å². The molecule has 4 aliphatic rings. The second-order valence-electron chi connectivity index (χ2n) is 13.1. The molecule has 4 rings (SSSR count). The van der Waals surface area contributed by atoms with Crippen LogP contribution < -0.4 is 5.32 Å². The summed E-state index contributed by atoms with van der Waals surface area (Å²) < 4.78 is 10.2. The largest absolute Gasteiger partial charge is 0.456 e. The maximum atomic E-state index is 13.5. The van der Waals surface area contributed by atoms with Gasteiger partial charge in [-0.1, -0.05) is 38.5 Å². The van der Waals surface area contributed by atoms with Crippen molar-refractivity contribution in [1.29, 1.82) is 0 Å². The highest BCUT2D eigenvalue weighted by molar-refractivity contribution is 6.26. The SMILES string of the molecule is C[C@H]1C[C@H]2[C@@H]3CC=C4CC(=O)C=C[C@]4(C)[C@@]3(Cl)[C@@H](O)C[C@]2(C)[C@@]1(O)C(=O)COC(=O)CNC(=O)OC(C)(C)C. The maximum Gasteiger partial charge on any atom is 0.408 e. The number of carbonyl (C=O) groups excluding carboxylic acids is 4. The minimum absolute atomic E-state index is 0.00196. The first kappa shape index (κ1) is 29.7. The molecule has 0 aromatic carbocycles. The highest BCUT2D eigenvalue weighted by atomic mass is 35.5. The molecule has 2 fully saturated rings. The zero-order valence-electron chi connectivity index (χ0n) is 23.5. The van der Waals surface area contributed by atoms with E-state index in [1.54, 1.807) is 33.8 Å². The molecule has 0 unspecified atom stereocenters. The molecule has 0 aromatic rings. The minimum atomic E-state index is -1.86. The van der Waals surface area contributed by atoms with Crippen LogP contribution in [-0.4, -0.2) is 69.2 Å². The Morgan fingerprint density at radius 3 is 2.51 bits per heavy atom. The lowest BCUT2D eigenvalue weighted by molar-refractivity contribution is -0.181. The van der Waals surface area contributed by atoms with Crippen LogP contribution in [0.15, 0.2) is 23.8 Å². The van der Waals surface area contributed by atoms with Crippen LogP contribution in [-0.2, 0) is 23.9 Å². The molecule has 10 heteroatoms. The molecule has 9 nitrogen and oxygen atoms in total. The van der Waals surface area contributed by atoms with Crippen LogP contribution in [0.2, 0.25) is 0 Å². The molecular weight excluding hydrogens is 526 g/mol. The number of allylic oxidation sites excluding steroid dienone is 4. The molecule has 0 radical (unpaired) electrons. The van der Waals surface area contributed by atoms with Crippen LogP contribution in [0, 0.1) is 28.6 Å². The van der Waals surface area contributed by atoms with Crippen molar-refractivity contribution >= 4 is 35.2 Å². The second-order valence-corrected chi connectivity index (χ2v) is 13.7. The summed E-state index contributed by atoms with van der Waals surface area (Å²) in [6.45, 7) is 9.46. The lowest BCUT2D eigenvalue weighted by Gasteiger charge is -2.63. The van der Waals surface area contributed by atoms with Crippen molar-refractivity contribution in [1.82, 2.24) is 5.32 Å². The fraction of sp³-hybridized carbons (Fsp3) is 0.724. The van der Waals surface area contributed by atoms with E-state index in [1.807, 2.05) is 19.9 Å². The average Bonchev–Trinajstić information content (AvgIpc) is 3.03. The van der Waals surface area contributed by atoms with Crippen molar-refractivity contribution in [3.05, 3.63) is 23.8 Å². The van der Waals surface area contributed by atoms with Crippen LogP contribution in [0.4, 0.5) is 4.79 Å². The molecule has 0 aromatic heterocycles. The van der Waals surface area contributed by atoms with E-state index in [0.717, 1.165) is 5.57 Å². The molecule has 1 amide bonds. The Labute approximate surface area is 234 Å². The maximum absolute atomic E-state index is 13.5. The van der Waals surface area contributed by atoms with Crippen LogP contribution >= 0.6 is 11.6 Å². The molecule has 0 saturated heterocycles. The number of alkyl carbamates (subject to hydrolysis) is 1. The van der Waals surface area contributed by atoms with E-state index in [2.05, 4.69) is 5.32 Å². The van der Waals surface area contributed by atoms with Crippen LogP contribution in [0.3, 0.4) is 0 Å². The van der Waals surface area contributed by atoms with Crippen molar-refractivity contribution in [3.63, 3.8) is 0 Å². The third kappa shape index (κ3) is 4.54. The van der Waals surface area contributed by atoms with E-state index < -0.39 is 69.9 Å². The predicted octanol–water partition coefficient (Wildman–Crippen LogP) is 3.24. The molecule has 0 bridgehead atoms. The number of aliphatic hydroxyl groups is 2. The summed E-state index contributed by atoms with van der Waals surface area (Å²) in [5, 5.41) is 25.9. The van der Waals surface area contributed by atoms with E-state index in [1.165, 1.54) is 6.08 Å². The summed E-state index contributed by atoms with van der Waals surface area (Å²) in [7, 11) is 0. The smallest absolute Gasteiger partial charge is 0.408 e. The number of amides is 1. The number of ether oxygens (including phenoxy) is 2. The van der Waals surface area contributed by atoms with Crippen LogP contribution in [0.25, 0.3) is 0 Å². The first-order chi connectivity index (χ1) is 17.9. The Bertz CT molecular complexity index is 1140. The number of carbonyl (C=O) groups is 4.